The van der Waals surface area contributed by atoms with Crippen LogP contribution in [-0.2, 0) is 4.79 Å². The second-order valence-electron chi connectivity index (χ2n) is 4.82. The summed E-state index contributed by atoms with van der Waals surface area (Å²) in [4.78, 5) is 11.5. The molecule has 1 heterocycles. The van der Waals surface area contributed by atoms with Gasteiger partial charge in [0.1, 0.15) is 11.5 Å². The number of carbonyl (C=O) groups excluding carboxylic acids is 1. The number of rotatable bonds is 4. The van der Waals surface area contributed by atoms with Gasteiger partial charge < -0.3 is 4.74 Å². The number of para-hydroxylation sites is 1. The van der Waals surface area contributed by atoms with Crippen LogP contribution in [0, 0.1) is 5.92 Å². The van der Waals surface area contributed by atoms with Crippen molar-refractivity contribution in [1.29, 1.82) is 0 Å². The summed E-state index contributed by atoms with van der Waals surface area (Å²) in [6, 6.07) is 8.21. The fraction of sp³-hybridized carbons (Fsp3) is 0.533. The van der Waals surface area contributed by atoms with E-state index in [4.69, 9.17) is 4.74 Å². The highest BCUT2D eigenvalue weighted by Crippen LogP contribution is 2.37. The molecule has 0 aromatic heterocycles. The molecule has 17 heavy (non-hydrogen) atoms. The van der Waals surface area contributed by atoms with Gasteiger partial charge in [0.2, 0.25) is 0 Å². The van der Waals surface area contributed by atoms with Gasteiger partial charge in [0.05, 0.1) is 6.61 Å². The molecule has 1 aliphatic rings. The number of ketones is 1. The molecule has 92 valence electrons. The summed E-state index contributed by atoms with van der Waals surface area (Å²) in [6.45, 7) is 4.58. The van der Waals surface area contributed by atoms with Gasteiger partial charge in [0.15, 0.2) is 0 Å². The summed E-state index contributed by atoms with van der Waals surface area (Å²) in [5, 5.41) is 0. The molecular weight excluding hydrogens is 212 g/mol. The molecule has 2 unspecified atom stereocenters. The van der Waals surface area contributed by atoms with E-state index < -0.39 is 0 Å². The molecule has 2 atom stereocenters. The van der Waals surface area contributed by atoms with Gasteiger partial charge in [-0.1, -0.05) is 25.1 Å². The van der Waals surface area contributed by atoms with E-state index in [2.05, 4.69) is 19.1 Å². The van der Waals surface area contributed by atoms with Gasteiger partial charge in [-0.05, 0) is 43.7 Å². The van der Waals surface area contributed by atoms with Crippen LogP contribution in [0.5, 0.6) is 5.75 Å². The molecule has 0 spiro atoms. The Morgan fingerprint density at radius 3 is 2.94 bits per heavy atom. The van der Waals surface area contributed by atoms with Crippen molar-refractivity contribution >= 4 is 5.78 Å². The molecule has 2 nitrogen and oxygen atoms in total. The zero-order valence-corrected chi connectivity index (χ0v) is 10.6. The predicted molar refractivity (Wildman–Crippen MR) is 68.4 cm³/mol. The average molecular weight is 232 g/mol. The Bertz CT molecular complexity index is 398. The predicted octanol–water partition coefficient (Wildman–Crippen LogP) is 3.56. The number of ether oxygens (including phenoxy) is 1. The van der Waals surface area contributed by atoms with Crippen molar-refractivity contribution in [1.82, 2.24) is 0 Å². The average Bonchev–Trinajstić information content (AvgIpc) is 2.35. The van der Waals surface area contributed by atoms with Gasteiger partial charge in [-0.2, -0.15) is 0 Å². The van der Waals surface area contributed by atoms with Gasteiger partial charge in [-0.15, -0.1) is 0 Å². The largest absolute Gasteiger partial charge is 0.493 e. The van der Waals surface area contributed by atoms with Gasteiger partial charge in [0, 0.05) is 5.92 Å². The molecule has 2 rings (SSSR count). The van der Waals surface area contributed by atoms with Gasteiger partial charge in [0.25, 0.3) is 0 Å². The van der Waals surface area contributed by atoms with E-state index in [0.717, 1.165) is 31.6 Å². The molecule has 0 radical (unpaired) electrons. The molecule has 0 fully saturated rings. The van der Waals surface area contributed by atoms with Crippen molar-refractivity contribution in [2.24, 2.45) is 5.92 Å². The van der Waals surface area contributed by atoms with Gasteiger partial charge in [-0.25, -0.2) is 0 Å². The normalized spacial score (nSPS) is 20.2. The van der Waals surface area contributed by atoms with Crippen molar-refractivity contribution < 1.29 is 9.53 Å². The van der Waals surface area contributed by atoms with E-state index in [-0.39, 0.29) is 5.92 Å². The maximum atomic E-state index is 11.5. The van der Waals surface area contributed by atoms with Crippen LogP contribution in [-0.4, -0.2) is 12.4 Å². The minimum absolute atomic E-state index is 0.200. The number of carbonyl (C=O) groups is 1. The van der Waals surface area contributed by atoms with Crippen molar-refractivity contribution in [2.45, 2.75) is 39.0 Å². The van der Waals surface area contributed by atoms with Crippen molar-refractivity contribution in [2.75, 3.05) is 6.61 Å². The maximum absolute atomic E-state index is 11.5. The van der Waals surface area contributed by atoms with Crippen LogP contribution in [0.4, 0.5) is 0 Å². The Labute approximate surface area is 103 Å². The lowest BCUT2D eigenvalue weighted by Gasteiger charge is -2.28. The highest BCUT2D eigenvalue weighted by molar-refractivity contribution is 5.78. The molecule has 0 bridgehead atoms. The first-order valence-corrected chi connectivity index (χ1v) is 6.44. The van der Waals surface area contributed by atoms with Crippen LogP contribution >= 0.6 is 0 Å². The van der Waals surface area contributed by atoms with Crippen LogP contribution in [0.15, 0.2) is 24.3 Å². The van der Waals surface area contributed by atoms with Crippen molar-refractivity contribution in [3.8, 4) is 5.75 Å². The monoisotopic (exact) mass is 232 g/mol. The Balaban J connectivity index is 2.15. The molecule has 0 amide bonds. The van der Waals surface area contributed by atoms with E-state index in [1.807, 2.05) is 12.1 Å². The van der Waals surface area contributed by atoms with Crippen LogP contribution in [0.2, 0.25) is 0 Å². The molecule has 1 aromatic carbocycles. The minimum Gasteiger partial charge on any atom is -0.493 e. The lowest BCUT2D eigenvalue weighted by Crippen LogP contribution is -2.19. The standard InChI is InChI=1S/C15H20O2/c1-3-12(11(2)16)10-13-8-9-17-15-7-5-4-6-14(13)15/h4-7,12-13H,3,8-10H2,1-2H3. The Morgan fingerprint density at radius 1 is 1.47 bits per heavy atom. The van der Waals surface area contributed by atoms with E-state index in [0.29, 0.717) is 11.7 Å². The summed E-state index contributed by atoms with van der Waals surface area (Å²) < 4.78 is 5.64. The first-order valence-electron chi connectivity index (χ1n) is 6.44. The second-order valence-corrected chi connectivity index (χ2v) is 4.82. The van der Waals surface area contributed by atoms with E-state index in [1.54, 1.807) is 6.92 Å². The summed E-state index contributed by atoms with van der Waals surface area (Å²) in [6.07, 6.45) is 2.93. The summed E-state index contributed by atoms with van der Waals surface area (Å²) in [7, 11) is 0. The second kappa shape index (κ2) is 5.35. The van der Waals surface area contributed by atoms with Crippen molar-refractivity contribution in [3.05, 3.63) is 29.8 Å². The molecule has 2 heteroatoms. The molecule has 0 aliphatic carbocycles. The van der Waals surface area contributed by atoms with Crippen LogP contribution in [0.1, 0.15) is 44.6 Å². The Morgan fingerprint density at radius 2 is 2.24 bits per heavy atom. The molecule has 1 aromatic rings. The van der Waals surface area contributed by atoms with Crippen LogP contribution in [0.25, 0.3) is 0 Å². The molecular formula is C15H20O2. The van der Waals surface area contributed by atoms with Gasteiger partial charge in [-0.3, -0.25) is 4.79 Å². The molecule has 1 aliphatic heterocycles. The van der Waals surface area contributed by atoms with Crippen LogP contribution < -0.4 is 4.74 Å². The third kappa shape index (κ3) is 2.68. The maximum Gasteiger partial charge on any atom is 0.132 e. The summed E-state index contributed by atoms with van der Waals surface area (Å²) >= 11 is 0. The van der Waals surface area contributed by atoms with Crippen LogP contribution in [0.3, 0.4) is 0 Å². The number of hydrogen-bond acceptors (Lipinski definition) is 2. The number of fused-ring (bicyclic) bond motifs is 1. The van der Waals surface area contributed by atoms with Crippen molar-refractivity contribution in [3.63, 3.8) is 0 Å². The quantitative estimate of drug-likeness (QED) is 0.793. The van der Waals surface area contributed by atoms with E-state index in [9.17, 15) is 4.79 Å². The SMILES string of the molecule is CCC(CC1CCOc2ccccc21)C(C)=O. The number of hydrogen-bond donors (Lipinski definition) is 0. The summed E-state index contributed by atoms with van der Waals surface area (Å²) in [5.74, 6) is 2.00. The number of benzene rings is 1. The Kier molecular flexibility index (Phi) is 3.82. The fourth-order valence-electron chi connectivity index (χ4n) is 2.62. The first-order chi connectivity index (χ1) is 8.22. The zero-order chi connectivity index (χ0) is 12.3. The molecule has 0 N–H and O–H groups in total. The fourth-order valence-corrected chi connectivity index (χ4v) is 2.62. The third-order valence-corrected chi connectivity index (χ3v) is 3.72. The van der Waals surface area contributed by atoms with Gasteiger partial charge >= 0.3 is 0 Å². The third-order valence-electron chi connectivity index (χ3n) is 3.72. The highest BCUT2D eigenvalue weighted by atomic mass is 16.5. The van der Waals surface area contributed by atoms with E-state index >= 15 is 0 Å². The highest BCUT2D eigenvalue weighted by Gasteiger charge is 2.25. The topological polar surface area (TPSA) is 26.3 Å². The zero-order valence-electron chi connectivity index (χ0n) is 10.6. The molecule has 0 saturated heterocycles. The van der Waals surface area contributed by atoms with E-state index in [1.165, 1.54) is 5.56 Å². The minimum atomic E-state index is 0.200. The lowest BCUT2D eigenvalue weighted by molar-refractivity contribution is -0.121. The number of Topliss-reactive ketones (excluding diaryl/α,β-unsaturated/α-hetero) is 1. The molecule has 0 saturated carbocycles. The first kappa shape index (κ1) is 12.2. The Hall–Kier alpha value is -1.31. The summed E-state index contributed by atoms with van der Waals surface area (Å²) in [5.41, 5.74) is 1.28. The smallest absolute Gasteiger partial charge is 0.132 e. The lowest BCUT2D eigenvalue weighted by atomic mass is 9.83.